The maximum Gasteiger partial charge on any atom is 0.221 e. The summed E-state index contributed by atoms with van der Waals surface area (Å²) in [6.45, 7) is 2.93. The molecule has 4 heterocycles. The number of nitrogens with one attached hydrogen (secondary N) is 4. The minimum atomic E-state index is -0.143. The van der Waals surface area contributed by atoms with Crippen LogP contribution < -0.4 is 21.5 Å². The van der Waals surface area contributed by atoms with E-state index in [4.69, 9.17) is 5.11 Å². The van der Waals surface area contributed by atoms with Gasteiger partial charge in [-0.05, 0) is 82.6 Å². The highest BCUT2D eigenvalue weighted by molar-refractivity contribution is 7.21. The average molecular weight is 749 g/mol. The minimum Gasteiger partial charge on any atom is -0.508 e. The maximum absolute atomic E-state index is 11.4. The van der Waals surface area contributed by atoms with Gasteiger partial charge in [0.05, 0.1) is 22.2 Å². The van der Waals surface area contributed by atoms with Gasteiger partial charge in [0.25, 0.3) is 0 Å². The number of aromatic hydroxyl groups is 2. The number of hydrazone groups is 2. The van der Waals surface area contributed by atoms with Gasteiger partial charge in [-0.25, -0.2) is 9.97 Å². The summed E-state index contributed by atoms with van der Waals surface area (Å²) in [4.78, 5) is 33.7. The van der Waals surface area contributed by atoms with Gasteiger partial charge in [-0.2, -0.15) is 10.2 Å². The van der Waals surface area contributed by atoms with Crippen molar-refractivity contribution in [2.75, 3.05) is 28.6 Å². The number of carbonyl (C=O) groups excluding carboxylic acids is 2. The zero-order valence-corrected chi connectivity index (χ0v) is 30.1. The average Bonchev–Trinajstić information content (AvgIpc) is 3.92. The van der Waals surface area contributed by atoms with E-state index in [-0.39, 0.29) is 23.3 Å². The molecule has 6 aromatic rings. The summed E-state index contributed by atoms with van der Waals surface area (Å²) >= 11 is 5.76. The number of aromatic nitrogens is 2. The highest BCUT2D eigenvalue weighted by atomic mass is 32.1. The SMILES string of the molecule is CC(=O)Nc1sc(N/N=C/c2ccc(O)cc2)nc1-c1cccs1.CC(=O)Nc1sc(N/N=C/c2ccc(O)cc2)nc1-c1cccs1.CO. The Balaban J connectivity index is 0.000000214. The van der Waals surface area contributed by atoms with Crippen LogP contribution in [0.3, 0.4) is 0 Å². The summed E-state index contributed by atoms with van der Waals surface area (Å²) in [5.41, 5.74) is 8.89. The van der Waals surface area contributed by atoms with Gasteiger partial charge < -0.3 is 26.0 Å². The molecule has 0 saturated carbocycles. The summed E-state index contributed by atoms with van der Waals surface area (Å²) in [6, 6.07) is 21.2. The highest BCUT2D eigenvalue weighted by Crippen LogP contribution is 2.39. The van der Waals surface area contributed by atoms with Crippen molar-refractivity contribution in [3.8, 4) is 32.6 Å². The molecule has 2 amide bonds. The third-order valence-corrected chi connectivity index (χ3v) is 9.38. The number of benzene rings is 2. The molecule has 0 radical (unpaired) electrons. The van der Waals surface area contributed by atoms with E-state index >= 15 is 0 Å². The largest absolute Gasteiger partial charge is 0.508 e. The molecule has 258 valence electrons. The molecular weight excluding hydrogens is 717 g/mol. The predicted molar refractivity (Wildman–Crippen MR) is 206 cm³/mol. The molecule has 0 aliphatic rings. The Hall–Kier alpha value is -5.46. The number of aliphatic hydroxyl groups is 1. The van der Waals surface area contributed by atoms with Crippen LogP contribution in [0.1, 0.15) is 25.0 Å². The molecule has 0 unspecified atom stereocenters. The van der Waals surface area contributed by atoms with Crippen molar-refractivity contribution >= 4 is 89.9 Å². The number of phenolic OH excluding ortho intramolecular Hbond substituents is 2. The van der Waals surface area contributed by atoms with E-state index in [2.05, 4.69) is 41.7 Å². The van der Waals surface area contributed by atoms with E-state index < -0.39 is 0 Å². The second-order valence-electron chi connectivity index (χ2n) is 9.63. The van der Waals surface area contributed by atoms with Crippen LogP contribution in [0.5, 0.6) is 11.5 Å². The summed E-state index contributed by atoms with van der Waals surface area (Å²) in [5, 5.41) is 45.8. The van der Waals surface area contributed by atoms with E-state index in [1.165, 1.54) is 36.5 Å². The number of nitrogens with zero attached hydrogens (tertiary/aromatic N) is 4. The number of thiazole rings is 2. The van der Waals surface area contributed by atoms with Crippen molar-refractivity contribution in [1.29, 1.82) is 0 Å². The lowest BCUT2D eigenvalue weighted by molar-refractivity contribution is -0.115. The van der Waals surface area contributed by atoms with Gasteiger partial charge in [0.1, 0.15) is 32.9 Å². The molecule has 13 nitrogen and oxygen atoms in total. The summed E-state index contributed by atoms with van der Waals surface area (Å²) in [5.74, 6) is 0.132. The van der Waals surface area contributed by atoms with E-state index in [9.17, 15) is 19.8 Å². The molecule has 0 spiro atoms. The Morgan fingerprint density at radius 3 is 1.34 bits per heavy atom. The highest BCUT2D eigenvalue weighted by Gasteiger charge is 2.16. The molecule has 17 heteroatoms. The van der Waals surface area contributed by atoms with Crippen molar-refractivity contribution in [3.63, 3.8) is 0 Å². The van der Waals surface area contributed by atoms with Gasteiger partial charge in [-0.3, -0.25) is 20.4 Å². The van der Waals surface area contributed by atoms with Crippen LogP contribution in [-0.4, -0.2) is 56.6 Å². The monoisotopic (exact) mass is 748 g/mol. The standard InChI is InChI=1S/2C16H14N4O2S2.CH4O/c2*1-10(21)18-15-14(13-3-2-8-23-13)19-16(24-15)20-17-9-11-4-6-12(22)7-5-11;1-2/h2*2-9,22H,1H3,(H,18,21)(H,19,20);2H,1H3/b2*17-9+;. The maximum atomic E-state index is 11.4. The number of hydrogen-bond donors (Lipinski definition) is 7. The van der Waals surface area contributed by atoms with Crippen molar-refractivity contribution < 1.29 is 24.9 Å². The first kappa shape index (κ1) is 37.4. The number of rotatable bonds is 10. The number of amides is 2. The Morgan fingerprint density at radius 2 is 1.02 bits per heavy atom. The smallest absolute Gasteiger partial charge is 0.221 e. The number of aliphatic hydroxyl groups excluding tert-OH is 1. The van der Waals surface area contributed by atoms with Gasteiger partial charge >= 0.3 is 0 Å². The van der Waals surface area contributed by atoms with E-state index in [0.29, 0.717) is 20.3 Å². The molecule has 50 heavy (non-hydrogen) atoms. The first-order valence-electron chi connectivity index (χ1n) is 14.5. The molecule has 0 aliphatic heterocycles. The first-order valence-corrected chi connectivity index (χ1v) is 17.9. The van der Waals surface area contributed by atoms with Crippen molar-refractivity contribution in [1.82, 2.24) is 9.97 Å². The number of carbonyl (C=O) groups is 2. The van der Waals surface area contributed by atoms with E-state index in [1.807, 2.05) is 35.0 Å². The number of anilines is 4. The van der Waals surface area contributed by atoms with Gasteiger partial charge in [0, 0.05) is 21.0 Å². The van der Waals surface area contributed by atoms with Gasteiger partial charge in [0.15, 0.2) is 0 Å². The molecule has 4 aromatic heterocycles. The lowest BCUT2D eigenvalue weighted by atomic mass is 10.2. The molecule has 0 atom stereocenters. The third kappa shape index (κ3) is 11.3. The van der Waals surface area contributed by atoms with Gasteiger partial charge in [0.2, 0.25) is 22.1 Å². The Kier molecular flexibility index (Phi) is 14.1. The van der Waals surface area contributed by atoms with Crippen molar-refractivity contribution in [2.45, 2.75) is 13.8 Å². The van der Waals surface area contributed by atoms with Crippen LogP contribution >= 0.6 is 45.3 Å². The number of thiophene rings is 2. The molecule has 6 rings (SSSR count). The molecule has 0 saturated heterocycles. The molecule has 0 fully saturated rings. The number of phenols is 2. The Morgan fingerprint density at radius 1 is 0.640 bits per heavy atom. The predicted octanol–water partition coefficient (Wildman–Crippen LogP) is 7.57. The lowest BCUT2D eigenvalue weighted by Gasteiger charge is -1.99. The van der Waals surface area contributed by atoms with Crippen LogP contribution in [0.2, 0.25) is 0 Å². The summed E-state index contributed by atoms with van der Waals surface area (Å²) < 4.78 is 0. The van der Waals surface area contributed by atoms with Gasteiger partial charge in [-0.15, -0.1) is 22.7 Å². The minimum absolute atomic E-state index is 0.143. The third-order valence-electron chi connectivity index (χ3n) is 5.88. The molecular formula is C33H32N8O5S4. The topological polar surface area (TPSA) is 193 Å². The van der Waals surface area contributed by atoms with Crippen LogP contribution in [0.4, 0.5) is 20.3 Å². The first-order chi connectivity index (χ1) is 24.2. The molecule has 0 bridgehead atoms. The van der Waals surface area contributed by atoms with Crippen molar-refractivity contribution in [3.05, 3.63) is 94.7 Å². The van der Waals surface area contributed by atoms with Crippen LogP contribution in [0, 0.1) is 0 Å². The van der Waals surface area contributed by atoms with Crippen LogP contribution in [0.25, 0.3) is 21.1 Å². The zero-order valence-electron chi connectivity index (χ0n) is 26.8. The van der Waals surface area contributed by atoms with Crippen LogP contribution in [-0.2, 0) is 9.59 Å². The Bertz CT molecular complexity index is 1860. The Labute approximate surface area is 303 Å². The fourth-order valence-electron chi connectivity index (χ4n) is 3.83. The second-order valence-corrected chi connectivity index (χ2v) is 13.5. The second kappa shape index (κ2) is 18.9. The molecule has 7 N–H and O–H groups in total. The van der Waals surface area contributed by atoms with Crippen LogP contribution in [0.15, 0.2) is 93.8 Å². The molecule has 2 aromatic carbocycles. The number of hydrogen-bond acceptors (Lipinski definition) is 15. The summed E-state index contributed by atoms with van der Waals surface area (Å²) in [6.07, 6.45) is 3.26. The normalized spacial score (nSPS) is 10.6. The quantitative estimate of drug-likeness (QED) is 0.0546. The lowest BCUT2D eigenvalue weighted by Crippen LogP contribution is -2.04. The zero-order chi connectivity index (χ0) is 35.9. The van der Waals surface area contributed by atoms with Crippen molar-refractivity contribution in [2.24, 2.45) is 10.2 Å². The van der Waals surface area contributed by atoms with E-state index in [0.717, 1.165) is 39.4 Å². The fraction of sp³-hybridized carbons (Fsp3) is 0.0909. The fourth-order valence-corrected chi connectivity index (χ4v) is 7.15. The summed E-state index contributed by atoms with van der Waals surface area (Å²) in [7, 11) is 1.00. The molecule has 0 aliphatic carbocycles. The van der Waals surface area contributed by atoms with E-state index in [1.54, 1.807) is 83.6 Å². The van der Waals surface area contributed by atoms with Gasteiger partial charge in [-0.1, -0.05) is 34.8 Å².